The van der Waals surface area contributed by atoms with E-state index < -0.39 is 9.84 Å². The molecule has 6 heteroatoms. The van der Waals surface area contributed by atoms with Crippen molar-refractivity contribution in [2.24, 2.45) is 0 Å². The molecule has 0 aliphatic heterocycles. The van der Waals surface area contributed by atoms with Crippen LogP contribution in [0.15, 0.2) is 15.9 Å². The van der Waals surface area contributed by atoms with E-state index in [0.29, 0.717) is 22.2 Å². The number of rotatable bonds is 4. The van der Waals surface area contributed by atoms with E-state index in [1.807, 2.05) is 0 Å². The molecule has 1 saturated carbocycles. The lowest BCUT2D eigenvalue weighted by Gasteiger charge is -2.09. The molecule has 0 amide bonds. The molecule has 1 fully saturated rings. The fourth-order valence-electron chi connectivity index (χ4n) is 2.11. The highest BCUT2D eigenvalue weighted by atomic mass is 79.9. The van der Waals surface area contributed by atoms with Crippen LogP contribution in [0.4, 0.5) is 0 Å². The molecule has 94 valence electrons. The first kappa shape index (κ1) is 13.2. The molecule has 0 bridgehead atoms. The number of carbonyl (C=O) groups excluding carboxylic acids is 1. The Kier molecular flexibility index (Phi) is 4.05. The SMILES string of the molecule is O=C(CS(=O)(=O)C1CCCC1)c1sccc1Br. The van der Waals surface area contributed by atoms with E-state index in [9.17, 15) is 13.2 Å². The van der Waals surface area contributed by atoms with Crippen molar-refractivity contribution >= 4 is 42.9 Å². The first-order valence-corrected chi connectivity index (χ1v) is 8.87. The zero-order chi connectivity index (χ0) is 12.5. The third-order valence-corrected chi connectivity index (χ3v) is 7.04. The summed E-state index contributed by atoms with van der Waals surface area (Å²) in [7, 11) is -3.27. The molecule has 2 rings (SSSR count). The smallest absolute Gasteiger partial charge is 0.188 e. The molecule has 3 nitrogen and oxygen atoms in total. The van der Waals surface area contributed by atoms with E-state index in [-0.39, 0.29) is 16.8 Å². The standard InChI is InChI=1S/C11H13BrO3S2/c12-9-5-6-16-11(9)10(13)7-17(14,15)8-3-1-2-4-8/h5-6,8H,1-4,7H2. The molecule has 0 aromatic carbocycles. The van der Waals surface area contributed by atoms with Crippen LogP contribution < -0.4 is 0 Å². The van der Waals surface area contributed by atoms with Crippen LogP contribution in [0.1, 0.15) is 35.4 Å². The predicted molar refractivity (Wildman–Crippen MR) is 72.4 cm³/mol. The minimum Gasteiger partial charge on any atom is -0.292 e. The van der Waals surface area contributed by atoms with Gasteiger partial charge in [-0.25, -0.2) is 8.42 Å². The minimum atomic E-state index is -3.27. The lowest BCUT2D eigenvalue weighted by Crippen LogP contribution is -2.25. The normalized spacial score (nSPS) is 17.5. The number of carbonyl (C=O) groups is 1. The largest absolute Gasteiger partial charge is 0.292 e. The monoisotopic (exact) mass is 336 g/mol. The maximum Gasteiger partial charge on any atom is 0.188 e. The molecular formula is C11H13BrO3S2. The lowest BCUT2D eigenvalue weighted by atomic mass is 10.3. The van der Waals surface area contributed by atoms with Gasteiger partial charge in [-0.3, -0.25) is 4.79 Å². The van der Waals surface area contributed by atoms with Crippen LogP contribution in [0.5, 0.6) is 0 Å². The van der Waals surface area contributed by atoms with Crippen molar-refractivity contribution < 1.29 is 13.2 Å². The molecule has 1 aromatic heterocycles. The van der Waals surface area contributed by atoms with Crippen molar-refractivity contribution in [2.75, 3.05) is 5.75 Å². The zero-order valence-electron chi connectivity index (χ0n) is 9.19. The number of thiophene rings is 1. The second-order valence-electron chi connectivity index (χ2n) is 4.23. The van der Waals surface area contributed by atoms with Gasteiger partial charge in [0.25, 0.3) is 0 Å². The van der Waals surface area contributed by atoms with Gasteiger partial charge in [0.1, 0.15) is 5.75 Å². The third kappa shape index (κ3) is 2.98. The van der Waals surface area contributed by atoms with Gasteiger partial charge >= 0.3 is 0 Å². The fraction of sp³-hybridized carbons (Fsp3) is 0.545. The van der Waals surface area contributed by atoms with Gasteiger partial charge in [-0.2, -0.15) is 0 Å². The van der Waals surface area contributed by atoms with Crippen molar-refractivity contribution in [3.63, 3.8) is 0 Å². The molecule has 0 atom stereocenters. The summed E-state index contributed by atoms with van der Waals surface area (Å²) in [6.45, 7) is 0. The first-order valence-electron chi connectivity index (χ1n) is 5.48. The Morgan fingerprint density at radius 2 is 2.06 bits per heavy atom. The Balaban J connectivity index is 2.11. The Bertz CT molecular complexity index is 513. The summed E-state index contributed by atoms with van der Waals surface area (Å²) in [5.74, 6) is -0.643. The average molecular weight is 337 g/mol. The second kappa shape index (κ2) is 5.20. The molecule has 1 aliphatic carbocycles. The van der Waals surface area contributed by atoms with Gasteiger partial charge < -0.3 is 0 Å². The quantitative estimate of drug-likeness (QED) is 0.794. The van der Waals surface area contributed by atoms with E-state index in [0.717, 1.165) is 12.8 Å². The highest BCUT2D eigenvalue weighted by Gasteiger charge is 2.31. The van der Waals surface area contributed by atoms with Crippen molar-refractivity contribution in [1.82, 2.24) is 0 Å². The third-order valence-electron chi connectivity index (χ3n) is 3.01. The minimum absolute atomic E-state index is 0.293. The van der Waals surface area contributed by atoms with Crippen molar-refractivity contribution in [1.29, 1.82) is 0 Å². The van der Waals surface area contributed by atoms with E-state index in [2.05, 4.69) is 15.9 Å². The van der Waals surface area contributed by atoms with Crippen molar-refractivity contribution in [3.05, 3.63) is 20.8 Å². The summed E-state index contributed by atoms with van der Waals surface area (Å²) >= 11 is 4.53. The summed E-state index contributed by atoms with van der Waals surface area (Å²) in [6, 6.07) is 1.76. The lowest BCUT2D eigenvalue weighted by molar-refractivity contribution is 0.102. The zero-order valence-corrected chi connectivity index (χ0v) is 12.4. The van der Waals surface area contributed by atoms with E-state index in [1.165, 1.54) is 11.3 Å². The molecule has 0 radical (unpaired) electrons. The average Bonchev–Trinajstić information content (AvgIpc) is 2.85. The van der Waals surface area contributed by atoms with E-state index >= 15 is 0 Å². The molecule has 17 heavy (non-hydrogen) atoms. The van der Waals surface area contributed by atoms with Gasteiger partial charge in [-0.05, 0) is 40.2 Å². The molecule has 0 spiro atoms. The first-order chi connectivity index (χ1) is 8.00. The summed E-state index contributed by atoms with van der Waals surface area (Å²) in [4.78, 5) is 12.4. The molecule has 0 N–H and O–H groups in total. The Morgan fingerprint density at radius 1 is 1.41 bits per heavy atom. The van der Waals surface area contributed by atoms with Crippen molar-refractivity contribution in [3.8, 4) is 0 Å². The number of hydrogen-bond donors (Lipinski definition) is 0. The maximum absolute atomic E-state index is 12.0. The Morgan fingerprint density at radius 3 is 2.59 bits per heavy atom. The molecule has 0 saturated heterocycles. The fourth-order valence-corrected chi connectivity index (χ4v) is 5.53. The molecule has 1 aromatic rings. The van der Waals surface area contributed by atoms with Gasteiger partial charge in [0.2, 0.25) is 0 Å². The highest BCUT2D eigenvalue weighted by Crippen LogP contribution is 2.28. The molecule has 0 unspecified atom stereocenters. The van der Waals surface area contributed by atoms with E-state index in [4.69, 9.17) is 0 Å². The topological polar surface area (TPSA) is 51.2 Å². The molecule has 1 heterocycles. The van der Waals surface area contributed by atoms with Gasteiger partial charge in [0.05, 0.1) is 10.1 Å². The molecule has 1 aliphatic rings. The summed E-state index contributed by atoms with van der Waals surface area (Å²) < 4.78 is 24.7. The van der Waals surface area contributed by atoms with Gasteiger partial charge in [-0.15, -0.1) is 11.3 Å². The van der Waals surface area contributed by atoms with Crippen LogP contribution in [0.2, 0.25) is 0 Å². The summed E-state index contributed by atoms with van der Waals surface area (Å²) in [5, 5.41) is 1.48. The van der Waals surface area contributed by atoms with Crippen LogP contribution in [0.3, 0.4) is 0 Å². The van der Waals surface area contributed by atoms with Gasteiger partial charge in [-0.1, -0.05) is 12.8 Å². The Labute approximate surface area is 113 Å². The number of sulfone groups is 1. The van der Waals surface area contributed by atoms with Crippen LogP contribution in [0, 0.1) is 0 Å². The number of ketones is 1. The van der Waals surface area contributed by atoms with Crippen LogP contribution in [0.25, 0.3) is 0 Å². The van der Waals surface area contributed by atoms with Crippen molar-refractivity contribution in [2.45, 2.75) is 30.9 Å². The number of halogens is 1. The van der Waals surface area contributed by atoms with E-state index in [1.54, 1.807) is 11.4 Å². The van der Waals surface area contributed by atoms with Gasteiger partial charge in [0.15, 0.2) is 15.6 Å². The maximum atomic E-state index is 12.0. The van der Waals surface area contributed by atoms with Crippen LogP contribution in [-0.4, -0.2) is 25.2 Å². The number of Topliss-reactive ketones (excluding diaryl/α,β-unsaturated/α-hetero) is 1. The molecular weight excluding hydrogens is 324 g/mol. The summed E-state index contributed by atoms with van der Waals surface area (Å²) in [6.07, 6.45) is 3.34. The Hall–Kier alpha value is -0.200. The predicted octanol–water partition coefficient (Wildman–Crippen LogP) is 3.05. The van der Waals surface area contributed by atoms with Crippen LogP contribution in [-0.2, 0) is 9.84 Å². The summed E-state index contributed by atoms with van der Waals surface area (Å²) in [5.41, 5.74) is 0. The van der Waals surface area contributed by atoms with Crippen LogP contribution >= 0.6 is 27.3 Å². The highest BCUT2D eigenvalue weighted by molar-refractivity contribution is 9.10. The second-order valence-corrected chi connectivity index (χ2v) is 8.29. The number of hydrogen-bond acceptors (Lipinski definition) is 4. The van der Waals surface area contributed by atoms with Gasteiger partial charge in [0, 0.05) is 4.47 Å².